The van der Waals surface area contributed by atoms with Gasteiger partial charge >= 0.3 is 0 Å². The van der Waals surface area contributed by atoms with Crippen LogP contribution in [0, 0.1) is 55.4 Å². The average Bonchev–Trinajstić information content (AvgIpc) is 0.775. The normalized spacial score (nSPS) is 11.7. The summed E-state index contributed by atoms with van der Waals surface area (Å²) in [5.41, 5.74) is 16.2. The van der Waals surface area contributed by atoms with Crippen LogP contribution in [0.25, 0.3) is 0 Å². The molecule has 0 aliphatic heterocycles. The molecule has 3 atom stereocenters. The van der Waals surface area contributed by atoms with Crippen molar-refractivity contribution in [1.82, 2.24) is 0 Å². The third kappa shape index (κ3) is 24.1. The highest BCUT2D eigenvalue weighted by Gasteiger charge is 2.24. The minimum Gasteiger partial charge on any atom is -0.496 e. The summed E-state index contributed by atoms with van der Waals surface area (Å²) >= 11 is 0. The van der Waals surface area contributed by atoms with Crippen LogP contribution in [0.3, 0.4) is 0 Å². The summed E-state index contributed by atoms with van der Waals surface area (Å²) in [4.78, 5) is 0. The Balaban J connectivity index is 0.000000158. The molecule has 0 saturated carbocycles. The smallest absolute Gasteiger partial charge is 0.150 e. The number of benzene rings is 13. The summed E-state index contributed by atoms with van der Waals surface area (Å²) in [5.74, 6) is 3.14. The maximum Gasteiger partial charge on any atom is 0.150 e. The monoisotopic (exact) mass is 1480 g/mol. The number of hydrogen-bond donors (Lipinski definition) is 0. The molecule has 3 unspecified atom stereocenters. The van der Waals surface area contributed by atoms with Crippen molar-refractivity contribution in [3.63, 3.8) is 0 Å². The van der Waals surface area contributed by atoms with Gasteiger partial charge in [0.05, 0.1) is 21.4 Å². The molecule has 0 N–H and O–H groups in total. The van der Waals surface area contributed by atoms with E-state index in [1.807, 2.05) is 24.3 Å². The molecule has 13 aromatic carbocycles. The van der Waals surface area contributed by atoms with Crippen molar-refractivity contribution in [2.24, 2.45) is 0 Å². The number of hydrogen-bond acceptors (Lipinski definition) is 3. The van der Waals surface area contributed by atoms with Crippen LogP contribution in [0.1, 0.15) is 139 Å². The fourth-order valence-electron chi connectivity index (χ4n) is 12.6. The van der Waals surface area contributed by atoms with Crippen LogP contribution >= 0.6 is 32.1 Å². The van der Waals surface area contributed by atoms with E-state index in [0.29, 0.717) is 11.8 Å². The van der Waals surface area contributed by atoms with Crippen LogP contribution in [0.5, 0.6) is 11.5 Å². The Bertz CT molecular complexity index is 4440. The van der Waals surface area contributed by atoms with Crippen molar-refractivity contribution >= 4 is 85.2 Å². The number of rotatable bonds is 22. The molecule has 0 fully saturated rings. The lowest BCUT2D eigenvalue weighted by Crippen LogP contribution is -2.23. The van der Waals surface area contributed by atoms with Crippen molar-refractivity contribution in [1.29, 1.82) is 0 Å². The highest BCUT2D eigenvalue weighted by molar-refractivity contribution is 7.80. The Hall–Kier alpha value is -8.86. The highest BCUT2D eigenvalue weighted by atomic mass is 31.1. The number of aryl methyl sites for hydroxylation is 6. The molecule has 548 valence electrons. The summed E-state index contributed by atoms with van der Waals surface area (Å²) in [5, 5.41) is 13.5. The molecule has 13 rings (SSSR count). The predicted octanol–water partition coefficient (Wildman–Crippen LogP) is 23.6. The van der Waals surface area contributed by atoms with E-state index in [9.17, 15) is 0 Å². The summed E-state index contributed by atoms with van der Waals surface area (Å²) in [7, 11) is -0.914. The Morgan fingerprint density at radius 1 is 0.280 bits per heavy atom. The molecule has 0 bridgehead atoms. The maximum absolute atomic E-state index is 6.42. The molecule has 0 radical (unpaired) electrons. The minimum atomic E-state index is -0.856. The van der Waals surface area contributed by atoms with Crippen LogP contribution < -0.4 is 62.3 Å². The van der Waals surface area contributed by atoms with Crippen molar-refractivity contribution in [2.45, 2.75) is 141 Å². The van der Waals surface area contributed by atoms with Gasteiger partial charge in [-0.1, -0.05) is 338 Å². The number of ether oxygens (including phenoxy) is 1. The fraction of sp³-hybridized carbons (Fsp3) is 0.220. The van der Waals surface area contributed by atoms with E-state index in [0.717, 1.165) is 30.8 Å². The maximum atomic E-state index is 6.42. The van der Waals surface area contributed by atoms with E-state index in [1.54, 1.807) is 7.11 Å². The second-order valence-corrected chi connectivity index (χ2v) is 35.7. The standard InChI is InChI=1S/C27H33OP.C22H23OP.C22H23P.C16H19OP.C13H12/c1-16-10-24(11-17(2)22(16)7)29(25-12-18(3)23(8)19(4)13-25)26-14-20(5)27(28-9)21(6)15-26;1-3-18(2)19-14-16-20(17-15-19)23-24(21-10-6-4-7-11-21)22-12-8-5-9-13-22;1-3-18(2)19-14-16-22(17-15-19)23(20-10-6-4-7-11-20)21-12-8-5-9-13-21;1-3-14(2)17-18(15-10-6-4-7-11-15)16-12-8-5-9-13-16;1-3-7-12(8-4-1)11-13-9-5-2-6-10-13/h10-15H,1-9H3;4-18H,3H2,1-2H3;4-18H,3H2,1-2H3;4-14H,3H2,1-2H3;1-10H,11H2. The summed E-state index contributed by atoms with van der Waals surface area (Å²) in [6.07, 6.45) is 4.70. The first-order valence-corrected chi connectivity index (χ1v) is 43.1. The van der Waals surface area contributed by atoms with Gasteiger partial charge in [-0.15, -0.1) is 0 Å². The molecule has 107 heavy (non-hydrogen) atoms. The van der Waals surface area contributed by atoms with Gasteiger partial charge in [-0.25, -0.2) is 0 Å². The predicted molar refractivity (Wildman–Crippen MR) is 474 cm³/mol. The molecular weight excluding hydrogens is 1370 g/mol. The molecule has 0 saturated heterocycles. The lowest BCUT2D eigenvalue weighted by atomic mass is 9.99. The van der Waals surface area contributed by atoms with Gasteiger partial charge < -0.3 is 13.8 Å². The summed E-state index contributed by atoms with van der Waals surface area (Å²) in [6.45, 7) is 31.0. The van der Waals surface area contributed by atoms with Crippen LogP contribution in [0.15, 0.2) is 328 Å². The molecule has 13 aromatic rings. The first kappa shape index (κ1) is 82.2. The van der Waals surface area contributed by atoms with Crippen LogP contribution in [-0.2, 0) is 10.9 Å². The summed E-state index contributed by atoms with van der Waals surface area (Å²) in [6, 6.07) is 117. The topological polar surface area (TPSA) is 27.7 Å². The largest absolute Gasteiger partial charge is 0.496 e. The van der Waals surface area contributed by atoms with E-state index in [4.69, 9.17) is 13.8 Å². The first-order chi connectivity index (χ1) is 52.0. The van der Waals surface area contributed by atoms with E-state index in [2.05, 4.69) is 400 Å². The van der Waals surface area contributed by atoms with E-state index < -0.39 is 32.1 Å². The van der Waals surface area contributed by atoms with E-state index in [-0.39, 0.29) is 6.10 Å². The minimum absolute atomic E-state index is 0.288. The van der Waals surface area contributed by atoms with Gasteiger partial charge in [-0.3, -0.25) is 0 Å². The third-order valence-electron chi connectivity index (χ3n) is 19.8. The van der Waals surface area contributed by atoms with Gasteiger partial charge in [0.1, 0.15) is 11.5 Å². The molecule has 3 nitrogen and oxygen atoms in total. The zero-order valence-electron chi connectivity index (χ0n) is 65.8. The Morgan fingerprint density at radius 2 is 0.551 bits per heavy atom. The SMILES string of the molecule is CCC(C)OP(c1ccccc1)c1ccccc1.CCC(C)c1ccc(OP(c2ccccc2)c2ccccc2)cc1.CCC(C)c1ccc(P(c2ccccc2)c2ccccc2)cc1.COc1c(C)cc(P(c2cc(C)c(C)c(C)c2)c2cc(C)c(C)c(C)c2)cc1C.c1ccc(Cc2ccccc2)cc1. The second kappa shape index (κ2) is 42.6. The van der Waals surface area contributed by atoms with Crippen LogP contribution in [-0.4, -0.2) is 13.2 Å². The molecule has 0 aliphatic carbocycles. The van der Waals surface area contributed by atoms with E-state index >= 15 is 0 Å². The lowest BCUT2D eigenvalue weighted by Gasteiger charge is -2.24. The molecule has 0 heterocycles. The molecular formula is C100H110O3P4. The lowest BCUT2D eigenvalue weighted by molar-refractivity contribution is 0.249. The zero-order chi connectivity index (χ0) is 76.0. The Kier molecular flexibility index (Phi) is 32.7. The van der Waals surface area contributed by atoms with Crippen LogP contribution in [0.2, 0.25) is 0 Å². The Morgan fingerprint density at radius 3 is 0.860 bits per heavy atom. The fourth-order valence-corrected chi connectivity index (χ4v) is 21.3. The van der Waals surface area contributed by atoms with Gasteiger partial charge in [0.15, 0.2) is 8.15 Å². The Labute approximate surface area is 648 Å². The van der Waals surface area contributed by atoms with Gasteiger partial charge in [0.2, 0.25) is 0 Å². The molecule has 0 aromatic heterocycles. The zero-order valence-corrected chi connectivity index (χ0v) is 69.3. The highest BCUT2D eigenvalue weighted by Crippen LogP contribution is 2.41. The van der Waals surface area contributed by atoms with Crippen LogP contribution in [0.4, 0.5) is 0 Å². The third-order valence-corrected chi connectivity index (χ3v) is 28.6. The van der Waals surface area contributed by atoms with Crippen molar-refractivity contribution in [3.05, 3.63) is 394 Å². The van der Waals surface area contributed by atoms with Gasteiger partial charge in [-0.2, -0.15) is 0 Å². The van der Waals surface area contributed by atoms with Gasteiger partial charge in [0.25, 0.3) is 0 Å². The summed E-state index contributed by atoms with van der Waals surface area (Å²) < 4.78 is 18.3. The second-order valence-electron chi connectivity index (χ2n) is 27.6. The molecule has 0 aliphatic rings. The average molecular weight is 1480 g/mol. The molecule has 0 amide bonds. The van der Waals surface area contributed by atoms with E-state index in [1.165, 1.54) is 126 Å². The number of methoxy groups -OCH3 is 1. The van der Waals surface area contributed by atoms with Crippen molar-refractivity contribution in [2.75, 3.05) is 7.11 Å². The van der Waals surface area contributed by atoms with Gasteiger partial charge in [0, 0.05) is 21.2 Å². The van der Waals surface area contributed by atoms with Gasteiger partial charge in [-0.05, 0) is 239 Å². The molecule has 0 spiro atoms. The quantitative estimate of drug-likeness (QED) is 0.0633. The van der Waals surface area contributed by atoms with Crippen molar-refractivity contribution in [3.8, 4) is 11.5 Å². The van der Waals surface area contributed by atoms with Crippen molar-refractivity contribution < 1.29 is 13.8 Å². The first-order valence-electron chi connectivity index (χ1n) is 37.9. The molecule has 7 heteroatoms.